The van der Waals surface area contributed by atoms with Gasteiger partial charge in [0.05, 0.1) is 9.40 Å². The Hall–Kier alpha value is -2.22. The largest absolute Gasteiger partial charge is 0.478 e. The molecule has 0 fully saturated rings. The van der Waals surface area contributed by atoms with Gasteiger partial charge < -0.3 is 10.5 Å². The number of anilines is 1. The number of hydrogen-bond donors (Lipinski definition) is 1. The number of nitrogens with zero attached hydrogens (tertiary/aromatic N) is 3. The highest BCUT2D eigenvalue weighted by Crippen LogP contribution is 2.35. The summed E-state index contributed by atoms with van der Waals surface area (Å²) < 4.78 is 5.95. The molecule has 20 heavy (non-hydrogen) atoms. The number of ether oxygens (including phenoxy) is 1. The van der Waals surface area contributed by atoms with Gasteiger partial charge in [-0.2, -0.15) is 0 Å². The molecule has 1 heterocycles. The molecule has 104 valence electrons. The molecule has 2 aromatic rings. The lowest BCUT2D eigenvalue weighted by Gasteiger charge is -2.08. The molecule has 0 aliphatic carbocycles. The zero-order valence-electron chi connectivity index (χ0n) is 10.5. The summed E-state index contributed by atoms with van der Waals surface area (Å²) in [7, 11) is 0. The lowest BCUT2D eigenvalue weighted by atomic mass is 10.3. The maximum Gasteiger partial charge on any atom is 0.312 e. The van der Waals surface area contributed by atoms with E-state index in [1.807, 2.05) is 0 Å². The normalized spacial score (nSPS) is 10.3. The lowest BCUT2D eigenvalue weighted by Crippen LogP contribution is -2.06. The predicted octanol–water partition coefficient (Wildman–Crippen LogP) is 2.62. The van der Waals surface area contributed by atoms with Gasteiger partial charge in [0.2, 0.25) is 5.75 Å². The second kappa shape index (κ2) is 5.83. The summed E-state index contributed by atoms with van der Waals surface area (Å²) in [6.07, 6.45) is 0. The molecule has 1 aromatic carbocycles. The summed E-state index contributed by atoms with van der Waals surface area (Å²) in [4.78, 5) is 18.6. The van der Waals surface area contributed by atoms with Gasteiger partial charge in [-0.25, -0.2) is 9.97 Å². The molecule has 2 rings (SSSR count). The highest BCUT2D eigenvalue weighted by Gasteiger charge is 2.18. The number of para-hydroxylation sites is 1. The number of benzene rings is 1. The lowest BCUT2D eigenvalue weighted by molar-refractivity contribution is -0.386. The van der Waals surface area contributed by atoms with Crippen molar-refractivity contribution < 1.29 is 9.66 Å². The summed E-state index contributed by atoms with van der Waals surface area (Å²) in [6, 6.07) is 6.22. The van der Waals surface area contributed by atoms with Gasteiger partial charge in [0.25, 0.3) is 0 Å². The van der Waals surface area contributed by atoms with Crippen molar-refractivity contribution in [1.82, 2.24) is 9.97 Å². The average Bonchev–Trinajstić information content (AvgIpc) is 2.35. The van der Waals surface area contributed by atoms with Gasteiger partial charge in [0.15, 0.2) is 5.82 Å². The molecule has 7 nitrogen and oxygen atoms in total. The maximum atomic E-state index is 10.9. The molecule has 0 saturated heterocycles. The Kier molecular flexibility index (Phi) is 4.14. The van der Waals surface area contributed by atoms with Gasteiger partial charge in [0, 0.05) is 17.8 Å². The molecule has 0 radical (unpaired) electrons. The monoisotopic (exact) mass is 338 g/mol. The Morgan fingerprint density at radius 3 is 2.85 bits per heavy atom. The van der Waals surface area contributed by atoms with Crippen molar-refractivity contribution in [3.63, 3.8) is 0 Å². The predicted molar refractivity (Wildman–Crippen MR) is 76.3 cm³/mol. The van der Waals surface area contributed by atoms with E-state index in [0.717, 1.165) is 0 Å². The molecule has 0 atom stereocenters. The number of nitro benzene ring substituents is 1. The number of hydrogen-bond acceptors (Lipinski definition) is 6. The summed E-state index contributed by atoms with van der Waals surface area (Å²) in [5.74, 6) is 0.839. The van der Waals surface area contributed by atoms with Gasteiger partial charge in [-0.15, -0.1) is 0 Å². The Morgan fingerprint density at radius 2 is 2.20 bits per heavy atom. The number of aromatic nitrogens is 2. The molecule has 0 unspecified atom stereocenters. The Labute approximate surface area is 123 Å². The first-order chi connectivity index (χ1) is 9.47. The summed E-state index contributed by atoms with van der Waals surface area (Å²) in [5.41, 5.74) is 6.19. The molecule has 0 saturated carbocycles. The van der Waals surface area contributed by atoms with Crippen LogP contribution in [0, 0.1) is 17.0 Å². The quantitative estimate of drug-likeness (QED) is 0.678. The average molecular weight is 339 g/mol. The van der Waals surface area contributed by atoms with Crippen LogP contribution in [-0.4, -0.2) is 14.9 Å². The van der Waals surface area contributed by atoms with E-state index in [4.69, 9.17) is 10.5 Å². The van der Waals surface area contributed by atoms with Crippen LogP contribution in [0.4, 0.5) is 11.5 Å². The van der Waals surface area contributed by atoms with E-state index in [1.54, 1.807) is 25.1 Å². The van der Waals surface area contributed by atoms with Crippen LogP contribution in [0.1, 0.15) is 11.5 Å². The number of nitro groups is 1. The number of nitrogens with two attached hydrogens (primary N) is 1. The third kappa shape index (κ3) is 3.21. The fourth-order valence-electron chi connectivity index (χ4n) is 1.64. The molecule has 2 N–H and O–H groups in total. The molecular weight excluding hydrogens is 328 g/mol. The van der Waals surface area contributed by atoms with Crippen molar-refractivity contribution in [2.24, 2.45) is 0 Å². The zero-order valence-corrected chi connectivity index (χ0v) is 12.1. The SMILES string of the molecule is Cc1cc(N)nc(COc2c(Br)cccc2[N+](=O)[O-])n1. The molecule has 0 bridgehead atoms. The van der Waals surface area contributed by atoms with E-state index >= 15 is 0 Å². The molecule has 8 heteroatoms. The minimum absolute atomic E-state index is 0.00463. The van der Waals surface area contributed by atoms with E-state index in [0.29, 0.717) is 21.8 Å². The van der Waals surface area contributed by atoms with E-state index in [-0.39, 0.29) is 18.0 Å². The van der Waals surface area contributed by atoms with Gasteiger partial charge in [-0.3, -0.25) is 10.1 Å². The van der Waals surface area contributed by atoms with Crippen molar-refractivity contribution in [1.29, 1.82) is 0 Å². The summed E-state index contributed by atoms with van der Waals surface area (Å²) >= 11 is 3.22. The highest BCUT2D eigenvalue weighted by molar-refractivity contribution is 9.10. The van der Waals surface area contributed by atoms with E-state index < -0.39 is 4.92 Å². The Morgan fingerprint density at radius 1 is 1.45 bits per heavy atom. The van der Waals surface area contributed by atoms with Crippen LogP contribution in [0.3, 0.4) is 0 Å². The van der Waals surface area contributed by atoms with Gasteiger partial charge in [0.1, 0.15) is 12.4 Å². The van der Waals surface area contributed by atoms with Crippen LogP contribution >= 0.6 is 15.9 Å². The highest BCUT2D eigenvalue weighted by atomic mass is 79.9. The molecule has 0 aliphatic rings. The number of rotatable bonds is 4. The molecule has 0 spiro atoms. The Bertz CT molecular complexity index is 643. The molecule has 0 aliphatic heterocycles. The van der Waals surface area contributed by atoms with Crippen LogP contribution in [0.2, 0.25) is 0 Å². The third-order valence-electron chi connectivity index (χ3n) is 2.41. The Balaban J connectivity index is 2.25. The zero-order chi connectivity index (χ0) is 14.7. The van der Waals surface area contributed by atoms with E-state index in [2.05, 4.69) is 25.9 Å². The second-order valence-corrected chi connectivity index (χ2v) is 4.84. The molecule has 0 amide bonds. The van der Waals surface area contributed by atoms with Crippen LogP contribution in [0.25, 0.3) is 0 Å². The van der Waals surface area contributed by atoms with Crippen LogP contribution in [-0.2, 0) is 6.61 Å². The fourth-order valence-corrected chi connectivity index (χ4v) is 2.11. The molecule has 1 aromatic heterocycles. The molecular formula is C12H11BrN4O3. The number of aryl methyl sites for hydroxylation is 1. The number of halogens is 1. The maximum absolute atomic E-state index is 10.9. The van der Waals surface area contributed by atoms with Gasteiger partial charge in [-0.1, -0.05) is 6.07 Å². The van der Waals surface area contributed by atoms with E-state index in [9.17, 15) is 10.1 Å². The van der Waals surface area contributed by atoms with Gasteiger partial charge >= 0.3 is 5.69 Å². The first-order valence-electron chi connectivity index (χ1n) is 5.63. The third-order valence-corrected chi connectivity index (χ3v) is 3.03. The topological polar surface area (TPSA) is 104 Å². The van der Waals surface area contributed by atoms with Crippen molar-refractivity contribution in [3.8, 4) is 5.75 Å². The van der Waals surface area contributed by atoms with Crippen LogP contribution in [0.15, 0.2) is 28.7 Å². The van der Waals surface area contributed by atoms with Crippen molar-refractivity contribution in [3.05, 3.63) is 50.4 Å². The summed E-state index contributed by atoms with van der Waals surface area (Å²) in [6.45, 7) is 1.78. The fraction of sp³-hybridized carbons (Fsp3) is 0.167. The smallest absolute Gasteiger partial charge is 0.312 e. The van der Waals surface area contributed by atoms with Crippen molar-refractivity contribution in [2.45, 2.75) is 13.5 Å². The van der Waals surface area contributed by atoms with Gasteiger partial charge in [-0.05, 0) is 28.9 Å². The van der Waals surface area contributed by atoms with Crippen molar-refractivity contribution >= 4 is 27.4 Å². The first kappa shape index (κ1) is 14.2. The number of nitrogen functional groups attached to an aromatic ring is 1. The van der Waals surface area contributed by atoms with Crippen molar-refractivity contribution in [2.75, 3.05) is 5.73 Å². The minimum atomic E-state index is -0.508. The standard InChI is InChI=1S/C12H11BrN4O3/c1-7-5-10(14)16-11(15-7)6-20-12-8(13)3-2-4-9(12)17(18)19/h2-5H,6H2,1H3,(H2,14,15,16). The minimum Gasteiger partial charge on any atom is -0.478 e. The second-order valence-electron chi connectivity index (χ2n) is 3.98. The van der Waals surface area contributed by atoms with Crippen LogP contribution in [0.5, 0.6) is 5.75 Å². The summed E-state index contributed by atoms with van der Waals surface area (Å²) in [5, 5.41) is 10.9. The first-order valence-corrected chi connectivity index (χ1v) is 6.42. The van der Waals surface area contributed by atoms with Crippen LogP contribution < -0.4 is 10.5 Å². The van der Waals surface area contributed by atoms with E-state index in [1.165, 1.54) is 6.07 Å².